The van der Waals surface area contributed by atoms with E-state index in [0.717, 1.165) is 11.3 Å². The number of nitrogens with zero attached hydrogens (tertiary/aromatic N) is 3. The molecule has 33 heavy (non-hydrogen) atoms. The number of phenols is 1. The van der Waals surface area contributed by atoms with Gasteiger partial charge in [0.05, 0.1) is 10.5 Å². The number of aromatic nitrogens is 2. The standard InChI is InChI=1S/C22H15N5O5S/c28-18-4-2-1-3-17(18)20(30)23-15-9-5-13(6-10-15)19(29)24-22-26-25-21(33-22)14-7-11-16(12-8-14)27(31)32/h1-12,28H,(H,23,30)(H,24,26,29). The summed E-state index contributed by atoms with van der Waals surface area (Å²) >= 11 is 1.13. The quantitative estimate of drug-likeness (QED) is 0.286. The number of para-hydroxylation sites is 1. The van der Waals surface area contributed by atoms with Crippen LogP contribution in [-0.2, 0) is 0 Å². The van der Waals surface area contributed by atoms with E-state index in [2.05, 4.69) is 20.8 Å². The van der Waals surface area contributed by atoms with Crippen molar-refractivity contribution in [1.82, 2.24) is 10.2 Å². The SMILES string of the molecule is O=C(Nc1nnc(-c2ccc([N+](=O)[O-])cc2)s1)c1ccc(NC(=O)c2ccccc2O)cc1. The number of carbonyl (C=O) groups excluding carboxylic acids is 2. The van der Waals surface area contributed by atoms with Crippen molar-refractivity contribution < 1.29 is 19.6 Å². The van der Waals surface area contributed by atoms with Gasteiger partial charge in [0, 0.05) is 28.9 Å². The van der Waals surface area contributed by atoms with Crippen molar-refractivity contribution in [3.05, 3.63) is 94.0 Å². The predicted octanol–water partition coefficient (Wildman–Crippen LogP) is 4.32. The van der Waals surface area contributed by atoms with Crippen molar-refractivity contribution in [2.24, 2.45) is 0 Å². The van der Waals surface area contributed by atoms with Crippen molar-refractivity contribution in [3.63, 3.8) is 0 Å². The van der Waals surface area contributed by atoms with E-state index < -0.39 is 16.7 Å². The first kappa shape index (κ1) is 21.6. The van der Waals surface area contributed by atoms with E-state index in [0.29, 0.717) is 21.8 Å². The normalized spacial score (nSPS) is 10.4. The van der Waals surface area contributed by atoms with Crippen molar-refractivity contribution in [3.8, 4) is 16.3 Å². The molecular weight excluding hydrogens is 446 g/mol. The summed E-state index contributed by atoms with van der Waals surface area (Å²) in [7, 11) is 0. The summed E-state index contributed by atoms with van der Waals surface area (Å²) in [5, 5.41) is 34.6. The molecule has 1 aromatic heterocycles. The van der Waals surface area contributed by atoms with E-state index in [1.165, 1.54) is 36.4 Å². The fraction of sp³-hybridized carbons (Fsp3) is 0. The topological polar surface area (TPSA) is 147 Å². The highest BCUT2D eigenvalue weighted by Crippen LogP contribution is 2.28. The Morgan fingerprint density at radius 2 is 1.58 bits per heavy atom. The Morgan fingerprint density at radius 3 is 2.24 bits per heavy atom. The van der Waals surface area contributed by atoms with Crippen LogP contribution in [0.4, 0.5) is 16.5 Å². The highest BCUT2D eigenvalue weighted by molar-refractivity contribution is 7.18. The van der Waals surface area contributed by atoms with Crippen LogP contribution in [0, 0.1) is 10.1 Å². The van der Waals surface area contributed by atoms with Crippen LogP contribution < -0.4 is 10.6 Å². The Labute approximate surface area is 190 Å². The number of nitrogens with one attached hydrogen (secondary N) is 2. The lowest BCUT2D eigenvalue weighted by atomic mass is 10.1. The lowest BCUT2D eigenvalue weighted by Crippen LogP contribution is -2.13. The largest absolute Gasteiger partial charge is 0.507 e. The molecule has 0 saturated heterocycles. The van der Waals surface area contributed by atoms with E-state index >= 15 is 0 Å². The van der Waals surface area contributed by atoms with E-state index in [1.54, 1.807) is 36.4 Å². The van der Waals surface area contributed by atoms with Crippen LogP contribution in [0.25, 0.3) is 10.6 Å². The molecule has 0 unspecified atom stereocenters. The average molecular weight is 461 g/mol. The number of benzene rings is 3. The zero-order valence-electron chi connectivity index (χ0n) is 16.8. The second-order valence-electron chi connectivity index (χ2n) is 6.72. The van der Waals surface area contributed by atoms with E-state index in [-0.39, 0.29) is 22.1 Å². The van der Waals surface area contributed by atoms with E-state index in [4.69, 9.17) is 0 Å². The predicted molar refractivity (Wildman–Crippen MR) is 122 cm³/mol. The van der Waals surface area contributed by atoms with Crippen LogP contribution in [0.15, 0.2) is 72.8 Å². The molecule has 0 spiro atoms. The summed E-state index contributed by atoms with van der Waals surface area (Å²) in [6, 6.07) is 18.2. The molecule has 0 radical (unpaired) electrons. The number of phenolic OH excluding ortho intramolecular Hbond substituents is 1. The number of anilines is 2. The fourth-order valence-corrected chi connectivity index (χ4v) is 3.60. The number of carbonyl (C=O) groups is 2. The Kier molecular flexibility index (Phi) is 6.04. The summed E-state index contributed by atoms with van der Waals surface area (Å²) in [4.78, 5) is 35.1. The number of nitro groups is 1. The second kappa shape index (κ2) is 9.24. The molecule has 3 aromatic carbocycles. The summed E-state index contributed by atoms with van der Waals surface area (Å²) in [6.45, 7) is 0. The number of hydrogen-bond donors (Lipinski definition) is 3. The average Bonchev–Trinajstić information content (AvgIpc) is 3.28. The first-order valence-corrected chi connectivity index (χ1v) is 10.3. The molecule has 3 N–H and O–H groups in total. The van der Waals surface area contributed by atoms with Gasteiger partial charge in [0.15, 0.2) is 0 Å². The third kappa shape index (κ3) is 4.99. The van der Waals surface area contributed by atoms with Gasteiger partial charge < -0.3 is 10.4 Å². The van der Waals surface area contributed by atoms with Gasteiger partial charge in [-0.25, -0.2) is 0 Å². The smallest absolute Gasteiger partial charge is 0.269 e. The molecular formula is C22H15N5O5S. The van der Waals surface area contributed by atoms with Gasteiger partial charge in [-0.05, 0) is 48.5 Å². The molecule has 0 saturated carbocycles. The fourth-order valence-electron chi connectivity index (χ4n) is 2.85. The molecule has 0 bridgehead atoms. The summed E-state index contributed by atoms with van der Waals surface area (Å²) in [6.07, 6.45) is 0. The van der Waals surface area contributed by atoms with Gasteiger partial charge in [0.2, 0.25) is 5.13 Å². The highest BCUT2D eigenvalue weighted by atomic mass is 32.1. The minimum Gasteiger partial charge on any atom is -0.507 e. The van der Waals surface area contributed by atoms with Gasteiger partial charge in [0.1, 0.15) is 10.8 Å². The summed E-state index contributed by atoms with van der Waals surface area (Å²) in [5.74, 6) is -1.02. The Hall–Kier alpha value is -4.64. The minimum atomic E-state index is -0.488. The third-order valence-electron chi connectivity index (χ3n) is 4.52. The van der Waals surface area contributed by atoms with Gasteiger partial charge in [-0.15, -0.1) is 10.2 Å². The number of hydrogen-bond acceptors (Lipinski definition) is 8. The van der Waals surface area contributed by atoms with Gasteiger partial charge >= 0.3 is 0 Å². The first-order valence-electron chi connectivity index (χ1n) is 9.50. The maximum atomic E-state index is 12.5. The Morgan fingerprint density at radius 1 is 0.879 bits per heavy atom. The number of aromatic hydroxyl groups is 1. The molecule has 0 fully saturated rings. The van der Waals surface area contributed by atoms with Gasteiger partial charge in [-0.2, -0.15) is 0 Å². The number of non-ortho nitro benzene ring substituents is 1. The molecule has 0 atom stereocenters. The van der Waals surface area contributed by atoms with Crippen molar-refractivity contribution in [2.45, 2.75) is 0 Å². The zero-order chi connectivity index (χ0) is 23.4. The molecule has 0 aliphatic rings. The first-order chi connectivity index (χ1) is 15.9. The number of rotatable bonds is 6. The molecule has 4 aromatic rings. The van der Waals surface area contributed by atoms with Crippen LogP contribution in [0.1, 0.15) is 20.7 Å². The monoisotopic (exact) mass is 461 g/mol. The maximum absolute atomic E-state index is 12.5. The summed E-state index contributed by atoms with van der Waals surface area (Å²) in [5.41, 5.74) is 1.54. The Bertz CT molecular complexity index is 1340. The lowest BCUT2D eigenvalue weighted by molar-refractivity contribution is -0.384. The van der Waals surface area contributed by atoms with Crippen molar-refractivity contribution >= 4 is 39.7 Å². The summed E-state index contributed by atoms with van der Waals surface area (Å²) < 4.78 is 0. The zero-order valence-corrected chi connectivity index (χ0v) is 17.6. The number of amides is 2. The third-order valence-corrected chi connectivity index (χ3v) is 5.41. The van der Waals surface area contributed by atoms with Crippen LogP contribution in [0.5, 0.6) is 5.75 Å². The van der Waals surface area contributed by atoms with Crippen LogP contribution >= 0.6 is 11.3 Å². The van der Waals surface area contributed by atoms with Crippen LogP contribution in [0.2, 0.25) is 0 Å². The maximum Gasteiger partial charge on any atom is 0.269 e. The van der Waals surface area contributed by atoms with E-state index in [1.807, 2.05) is 0 Å². The van der Waals surface area contributed by atoms with Crippen molar-refractivity contribution in [2.75, 3.05) is 10.6 Å². The molecule has 164 valence electrons. The minimum absolute atomic E-state index is 0.0306. The van der Waals surface area contributed by atoms with Gasteiger partial charge in [-0.1, -0.05) is 23.5 Å². The molecule has 10 nitrogen and oxygen atoms in total. The van der Waals surface area contributed by atoms with Crippen molar-refractivity contribution in [1.29, 1.82) is 0 Å². The Balaban J connectivity index is 1.39. The molecule has 0 aliphatic heterocycles. The van der Waals surface area contributed by atoms with Gasteiger partial charge in [-0.3, -0.25) is 25.0 Å². The second-order valence-corrected chi connectivity index (χ2v) is 7.70. The molecule has 4 rings (SSSR count). The molecule has 0 aliphatic carbocycles. The molecule has 2 amide bonds. The van der Waals surface area contributed by atoms with Crippen LogP contribution in [-0.4, -0.2) is 32.0 Å². The van der Waals surface area contributed by atoms with E-state index in [9.17, 15) is 24.8 Å². The molecule has 1 heterocycles. The highest BCUT2D eigenvalue weighted by Gasteiger charge is 2.14. The van der Waals surface area contributed by atoms with Crippen LogP contribution in [0.3, 0.4) is 0 Å². The van der Waals surface area contributed by atoms with Gasteiger partial charge in [0.25, 0.3) is 17.5 Å². The number of nitro benzene ring substituents is 1. The lowest BCUT2D eigenvalue weighted by Gasteiger charge is -2.07. The molecule has 11 heteroatoms.